The number of halogens is 1. The Kier molecular flexibility index (Phi) is 2.53. The highest BCUT2D eigenvalue weighted by molar-refractivity contribution is 14.1. The fraction of sp³-hybridized carbons (Fsp3) is 0.500. The summed E-state index contributed by atoms with van der Waals surface area (Å²) in [6, 6.07) is 3.65. The minimum Gasteiger partial charge on any atom is -0.296 e. The van der Waals surface area contributed by atoms with E-state index in [-0.39, 0.29) is 23.4 Å². The van der Waals surface area contributed by atoms with Crippen LogP contribution in [0.15, 0.2) is 16.9 Å². The van der Waals surface area contributed by atoms with Crippen LogP contribution in [0, 0.1) is 0 Å². The summed E-state index contributed by atoms with van der Waals surface area (Å²) >= 11 is 2.28. The molecule has 0 radical (unpaired) electrons. The minimum absolute atomic E-state index is 0.00909. The molecule has 5 heteroatoms. The number of carbonyl (C=O) groups excluding carboxylic acids is 1. The van der Waals surface area contributed by atoms with Gasteiger partial charge in [0.15, 0.2) is 0 Å². The van der Waals surface area contributed by atoms with Crippen LogP contribution in [-0.2, 0) is 4.79 Å². The molecule has 90 valence electrons. The molecule has 2 atom stereocenters. The predicted molar refractivity (Wildman–Crippen MR) is 74.0 cm³/mol. The normalized spacial score (nSPS) is 26.2. The van der Waals surface area contributed by atoms with Gasteiger partial charge < -0.3 is 0 Å². The average molecular weight is 344 g/mol. The van der Waals surface area contributed by atoms with E-state index in [0.29, 0.717) is 13.0 Å². The topological polar surface area (TPSA) is 42.3 Å². The molecule has 3 heterocycles. The van der Waals surface area contributed by atoms with Crippen LogP contribution in [-0.4, -0.2) is 21.4 Å². The number of alkyl halides is 1. The Morgan fingerprint density at radius 1 is 1.41 bits per heavy atom. The van der Waals surface area contributed by atoms with E-state index >= 15 is 0 Å². The van der Waals surface area contributed by atoms with Crippen molar-refractivity contribution in [3.05, 3.63) is 28.0 Å². The molecule has 0 aromatic carbocycles. The van der Waals surface area contributed by atoms with Gasteiger partial charge in [-0.05, 0) is 17.5 Å². The fourth-order valence-electron chi connectivity index (χ4n) is 2.78. The number of nitrogens with zero attached hydrogens (tertiary/aromatic N) is 2. The molecule has 1 aromatic rings. The number of carbonyl (C=O) groups is 1. The Morgan fingerprint density at radius 2 is 2.18 bits per heavy atom. The van der Waals surface area contributed by atoms with Crippen LogP contribution >= 0.6 is 22.6 Å². The average Bonchev–Trinajstić information content (AvgIpc) is 2.69. The molecule has 17 heavy (non-hydrogen) atoms. The van der Waals surface area contributed by atoms with E-state index < -0.39 is 0 Å². The number of hydrogen-bond donors (Lipinski definition) is 0. The summed E-state index contributed by atoms with van der Waals surface area (Å²) in [6.07, 6.45) is 0.555. The van der Waals surface area contributed by atoms with Gasteiger partial charge in [0.2, 0.25) is 5.91 Å². The fourth-order valence-corrected chi connectivity index (χ4v) is 3.45. The molecule has 0 N–H and O–H groups in total. The molecule has 0 saturated heterocycles. The lowest BCUT2D eigenvalue weighted by molar-refractivity contribution is -0.119. The third-order valence-electron chi connectivity index (χ3n) is 3.63. The molecule has 2 aliphatic heterocycles. The van der Waals surface area contributed by atoms with E-state index in [2.05, 4.69) is 22.6 Å². The van der Waals surface area contributed by atoms with Gasteiger partial charge in [0.05, 0.1) is 6.04 Å². The van der Waals surface area contributed by atoms with Crippen LogP contribution in [0.25, 0.3) is 0 Å². The first kappa shape index (κ1) is 11.3. The van der Waals surface area contributed by atoms with Crippen LogP contribution in [0.5, 0.6) is 0 Å². The monoisotopic (exact) mass is 344 g/mol. The van der Waals surface area contributed by atoms with Gasteiger partial charge in [-0.2, -0.15) is 0 Å². The van der Waals surface area contributed by atoms with Crippen molar-refractivity contribution in [2.24, 2.45) is 0 Å². The highest BCUT2D eigenvalue weighted by Gasteiger charge is 2.39. The summed E-state index contributed by atoms with van der Waals surface area (Å²) in [5.74, 6) is 1.22. The number of rotatable bonds is 1. The van der Waals surface area contributed by atoms with Crippen LogP contribution in [0.3, 0.4) is 0 Å². The zero-order chi connectivity index (χ0) is 12.2. The van der Waals surface area contributed by atoms with Crippen LogP contribution in [0.4, 0.5) is 5.82 Å². The lowest BCUT2D eigenvalue weighted by Gasteiger charge is -2.28. The molecule has 0 spiro atoms. The molecular formula is C12H13IN2O2. The molecule has 0 fully saturated rings. The second-order valence-electron chi connectivity index (χ2n) is 4.74. The predicted octanol–water partition coefficient (Wildman–Crippen LogP) is 1.68. The van der Waals surface area contributed by atoms with E-state index in [1.165, 1.54) is 0 Å². The maximum absolute atomic E-state index is 12.0. The third kappa shape index (κ3) is 1.47. The summed E-state index contributed by atoms with van der Waals surface area (Å²) in [6.45, 7) is 2.70. The van der Waals surface area contributed by atoms with Crippen molar-refractivity contribution in [1.29, 1.82) is 0 Å². The molecule has 3 rings (SSSR count). The molecule has 2 aliphatic rings. The highest BCUT2D eigenvalue weighted by atomic mass is 127. The SMILES string of the molecule is CC1CC(=O)N2C[C@@H](CI)n3c2c1ccc3=O. The molecule has 0 aliphatic carbocycles. The van der Waals surface area contributed by atoms with E-state index in [4.69, 9.17) is 0 Å². The van der Waals surface area contributed by atoms with Gasteiger partial charge in [0, 0.05) is 23.5 Å². The van der Waals surface area contributed by atoms with Gasteiger partial charge in [0.25, 0.3) is 5.56 Å². The van der Waals surface area contributed by atoms with Gasteiger partial charge in [-0.15, -0.1) is 0 Å². The molecule has 0 saturated carbocycles. The first-order chi connectivity index (χ1) is 8.13. The Morgan fingerprint density at radius 3 is 2.88 bits per heavy atom. The number of pyridine rings is 1. The van der Waals surface area contributed by atoms with Crippen molar-refractivity contribution in [1.82, 2.24) is 4.57 Å². The summed E-state index contributed by atoms with van der Waals surface area (Å²) in [5, 5.41) is 0. The summed E-state index contributed by atoms with van der Waals surface area (Å²) < 4.78 is 2.65. The lowest BCUT2D eigenvalue weighted by atomic mass is 9.94. The van der Waals surface area contributed by atoms with Crippen molar-refractivity contribution >= 4 is 34.3 Å². The number of anilines is 1. The van der Waals surface area contributed by atoms with E-state index in [1.54, 1.807) is 15.5 Å². The summed E-state index contributed by atoms with van der Waals surface area (Å²) in [5.41, 5.74) is 1.14. The standard InChI is InChI=1S/C12H13IN2O2/c1-7-4-11(17)14-6-8(5-13)15-10(16)3-2-9(7)12(14)15/h2-3,7-8H,4-6H2,1H3/t7?,8-/m1/s1. The summed E-state index contributed by atoms with van der Waals surface area (Å²) in [7, 11) is 0. The smallest absolute Gasteiger partial charge is 0.252 e. The maximum Gasteiger partial charge on any atom is 0.252 e. The minimum atomic E-state index is 0.00909. The van der Waals surface area contributed by atoms with Crippen LogP contribution < -0.4 is 10.5 Å². The zero-order valence-electron chi connectivity index (χ0n) is 9.52. The van der Waals surface area contributed by atoms with Gasteiger partial charge in [-0.3, -0.25) is 19.1 Å². The number of aromatic nitrogens is 1. The Hall–Kier alpha value is -0.850. The van der Waals surface area contributed by atoms with E-state index in [0.717, 1.165) is 15.8 Å². The second kappa shape index (κ2) is 3.83. The first-order valence-corrected chi connectivity index (χ1v) is 7.27. The zero-order valence-corrected chi connectivity index (χ0v) is 11.7. The lowest BCUT2D eigenvalue weighted by Crippen LogP contribution is -2.35. The quantitative estimate of drug-likeness (QED) is 0.575. The van der Waals surface area contributed by atoms with Gasteiger partial charge in [0.1, 0.15) is 5.82 Å². The second-order valence-corrected chi connectivity index (χ2v) is 5.62. The molecule has 1 unspecified atom stereocenters. The Labute approximate surface area is 113 Å². The van der Waals surface area contributed by atoms with Crippen molar-refractivity contribution in [2.45, 2.75) is 25.3 Å². The molecule has 1 amide bonds. The molecule has 4 nitrogen and oxygen atoms in total. The maximum atomic E-state index is 12.0. The van der Waals surface area contributed by atoms with Gasteiger partial charge >= 0.3 is 0 Å². The van der Waals surface area contributed by atoms with Crippen LogP contribution in [0.2, 0.25) is 0 Å². The van der Waals surface area contributed by atoms with Gasteiger partial charge in [-0.25, -0.2) is 0 Å². The highest BCUT2D eigenvalue weighted by Crippen LogP contribution is 2.40. The van der Waals surface area contributed by atoms with Gasteiger partial charge in [-0.1, -0.05) is 29.5 Å². The Balaban J connectivity index is 2.29. The molecule has 0 bridgehead atoms. The molecule has 1 aromatic heterocycles. The van der Waals surface area contributed by atoms with Crippen molar-refractivity contribution < 1.29 is 4.79 Å². The van der Waals surface area contributed by atoms with E-state index in [1.807, 2.05) is 13.0 Å². The largest absolute Gasteiger partial charge is 0.296 e. The third-order valence-corrected chi connectivity index (χ3v) is 4.65. The number of amides is 1. The Bertz CT molecular complexity index is 552. The van der Waals surface area contributed by atoms with E-state index in [9.17, 15) is 9.59 Å². The van der Waals surface area contributed by atoms with Crippen molar-refractivity contribution in [3.8, 4) is 0 Å². The van der Waals surface area contributed by atoms with Crippen molar-refractivity contribution in [3.63, 3.8) is 0 Å². The molecular weight excluding hydrogens is 331 g/mol. The van der Waals surface area contributed by atoms with Crippen molar-refractivity contribution in [2.75, 3.05) is 15.9 Å². The summed E-state index contributed by atoms with van der Waals surface area (Å²) in [4.78, 5) is 25.8. The first-order valence-electron chi connectivity index (χ1n) is 5.75. The van der Waals surface area contributed by atoms with Crippen LogP contribution in [0.1, 0.15) is 30.9 Å². The number of hydrogen-bond acceptors (Lipinski definition) is 2.